The molecule has 9 heteroatoms. The molecule has 0 N–H and O–H groups in total. The molecule has 0 aliphatic rings. The summed E-state index contributed by atoms with van der Waals surface area (Å²) in [7, 11) is 0. The Morgan fingerprint density at radius 1 is 0.324 bits per heavy atom. The molecule has 68 heavy (non-hydrogen) atoms. The molecule has 4 heterocycles. The van der Waals surface area contributed by atoms with Gasteiger partial charge in [0.2, 0.25) is 0 Å². The lowest BCUT2D eigenvalue weighted by molar-refractivity contribution is -0.137. The average Bonchev–Trinajstić information content (AvgIpc) is 3.88. The first-order valence-electron chi connectivity index (χ1n) is 22.0. The monoisotopic (exact) mass is 894 g/mol. The van der Waals surface area contributed by atoms with Crippen LogP contribution < -0.4 is 0 Å². The second kappa shape index (κ2) is 16.0. The molecule has 8 aromatic carbocycles. The van der Waals surface area contributed by atoms with Gasteiger partial charge in [-0.3, -0.25) is 9.97 Å². The van der Waals surface area contributed by atoms with Crippen molar-refractivity contribution in [2.24, 2.45) is 0 Å². The highest BCUT2D eigenvalue weighted by Crippen LogP contribution is 2.47. The molecule has 0 radical (unpaired) electrons. The van der Waals surface area contributed by atoms with Crippen LogP contribution in [-0.4, -0.2) is 19.1 Å². The standard InChI is InChI=1S/C59H35F5N4/c60-44-27-42(28-45(61)35-44)43-33-56(67-52-17-9-7-15-46(52)48-29-38(19-21-54(48)67)40-23-25-65-50(31-40)36-11-3-1-4-12-36)58(59(62,63)64)57(34-43)68-53-18-10-8-16-47(53)49-30-39(20-22-55(49)68)41-24-26-66-51(32-41)37-13-5-2-6-14-37/h1-35H. The molecule has 0 bridgehead atoms. The summed E-state index contributed by atoms with van der Waals surface area (Å²) in [5, 5.41) is 2.91. The van der Waals surface area contributed by atoms with Crippen LogP contribution in [0.4, 0.5) is 22.0 Å². The lowest BCUT2D eigenvalue weighted by atomic mass is 9.98. The maximum Gasteiger partial charge on any atom is 0.420 e. The van der Waals surface area contributed by atoms with E-state index in [-0.39, 0.29) is 22.5 Å². The van der Waals surface area contributed by atoms with Crippen LogP contribution in [0.2, 0.25) is 0 Å². The number of benzene rings is 8. The van der Waals surface area contributed by atoms with Gasteiger partial charge in [-0.2, -0.15) is 13.2 Å². The van der Waals surface area contributed by atoms with Crippen LogP contribution in [0.25, 0.3) is 111 Å². The minimum Gasteiger partial charge on any atom is -0.309 e. The Kier molecular flexibility index (Phi) is 9.62. The fourth-order valence-corrected chi connectivity index (χ4v) is 9.72. The summed E-state index contributed by atoms with van der Waals surface area (Å²) in [4.78, 5) is 9.21. The summed E-state index contributed by atoms with van der Waals surface area (Å²) in [6.45, 7) is 0. The number of pyridine rings is 2. The average molecular weight is 895 g/mol. The molecule has 0 spiro atoms. The molecule has 0 unspecified atom stereocenters. The van der Waals surface area contributed by atoms with Gasteiger partial charge >= 0.3 is 6.18 Å². The number of hydrogen-bond acceptors (Lipinski definition) is 2. The Hall–Kier alpha value is -8.69. The number of para-hydroxylation sites is 2. The first kappa shape index (κ1) is 40.8. The van der Waals surface area contributed by atoms with E-state index in [9.17, 15) is 0 Å². The molecular weight excluding hydrogens is 860 g/mol. The molecule has 4 aromatic heterocycles. The van der Waals surface area contributed by atoms with Crippen molar-refractivity contribution in [1.82, 2.24) is 19.1 Å². The van der Waals surface area contributed by atoms with Gasteiger partial charge in [-0.15, -0.1) is 0 Å². The van der Waals surface area contributed by atoms with Crippen molar-refractivity contribution in [2.75, 3.05) is 0 Å². The number of halogens is 5. The van der Waals surface area contributed by atoms with E-state index >= 15 is 22.0 Å². The smallest absolute Gasteiger partial charge is 0.309 e. The predicted octanol–water partition coefficient (Wildman–Crippen LogP) is 16.3. The third-order valence-electron chi connectivity index (χ3n) is 12.7. The van der Waals surface area contributed by atoms with E-state index < -0.39 is 23.4 Å². The lowest BCUT2D eigenvalue weighted by Gasteiger charge is -2.23. The van der Waals surface area contributed by atoms with Crippen LogP contribution in [0.1, 0.15) is 5.56 Å². The Labute approximate surface area is 386 Å². The van der Waals surface area contributed by atoms with E-state index in [2.05, 4.69) is 9.97 Å². The summed E-state index contributed by atoms with van der Waals surface area (Å²) in [5.74, 6) is -1.70. The SMILES string of the molecule is Fc1cc(F)cc(-c2cc(-n3c4ccccc4c4cc(-c5ccnc(-c6ccccc6)c5)ccc43)c(C(F)(F)F)c(-n3c4ccccc4c4cc(-c5ccnc(-c6ccccc6)c5)ccc43)c2)c1. The summed E-state index contributed by atoms with van der Waals surface area (Å²) >= 11 is 0. The topological polar surface area (TPSA) is 35.6 Å². The zero-order chi connectivity index (χ0) is 46.1. The molecule has 0 atom stereocenters. The summed E-state index contributed by atoms with van der Waals surface area (Å²) in [6.07, 6.45) is -1.43. The molecule has 12 aromatic rings. The van der Waals surface area contributed by atoms with Crippen molar-refractivity contribution >= 4 is 43.6 Å². The highest BCUT2D eigenvalue weighted by atomic mass is 19.4. The summed E-state index contributed by atoms with van der Waals surface area (Å²) in [5.41, 5.74) is 8.03. The van der Waals surface area contributed by atoms with Crippen LogP contribution >= 0.6 is 0 Å². The summed E-state index contributed by atoms with van der Waals surface area (Å²) in [6, 6.07) is 59.5. The lowest BCUT2D eigenvalue weighted by Crippen LogP contribution is -2.16. The van der Waals surface area contributed by atoms with Gasteiger partial charge in [-0.25, -0.2) is 8.78 Å². The molecular formula is C59H35F5N4. The Balaban J connectivity index is 1.12. The first-order valence-corrected chi connectivity index (χ1v) is 22.0. The van der Waals surface area contributed by atoms with Crippen molar-refractivity contribution in [3.8, 4) is 67.3 Å². The van der Waals surface area contributed by atoms with Crippen molar-refractivity contribution < 1.29 is 22.0 Å². The minimum atomic E-state index is -4.93. The largest absolute Gasteiger partial charge is 0.420 e. The second-order valence-corrected chi connectivity index (χ2v) is 16.8. The van der Waals surface area contributed by atoms with E-state index in [0.29, 0.717) is 22.1 Å². The van der Waals surface area contributed by atoms with Crippen molar-refractivity contribution in [3.05, 3.63) is 230 Å². The molecule has 0 saturated carbocycles. The zero-order valence-corrected chi connectivity index (χ0v) is 35.9. The van der Waals surface area contributed by atoms with Crippen LogP contribution in [-0.2, 0) is 6.18 Å². The van der Waals surface area contributed by atoms with E-state index in [1.54, 1.807) is 45.8 Å². The van der Waals surface area contributed by atoms with E-state index in [0.717, 1.165) is 84.5 Å². The van der Waals surface area contributed by atoms with Crippen molar-refractivity contribution in [1.29, 1.82) is 0 Å². The van der Waals surface area contributed by atoms with E-state index in [1.807, 2.05) is 146 Å². The maximum atomic E-state index is 16.5. The molecule has 0 fully saturated rings. The molecule has 12 rings (SSSR count). The van der Waals surface area contributed by atoms with Crippen LogP contribution in [0.5, 0.6) is 0 Å². The third-order valence-corrected chi connectivity index (χ3v) is 12.7. The van der Waals surface area contributed by atoms with Gasteiger partial charge in [0.1, 0.15) is 17.2 Å². The van der Waals surface area contributed by atoms with Gasteiger partial charge in [-0.05, 0) is 118 Å². The Morgan fingerprint density at radius 3 is 1.18 bits per heavy atom. The van der Waals surface area contributed by atoms with Gasteiger partial charge < -0.3 is 9.13 Å². The van der Waals surface area contributed by atoms with Gasteiger partial charge in [-0.1, -0.05) is 109 Å². The zero-order valence-electron chi connectivity index (χ0n) is 35.9. The first-order chi connectivity index (χ1) is 33.2. The van der Waals surface area contributed by atoms with Crippen LogP contribution in [0, 0.1) is 11.6 Å². The number of fused-ring (bicyclic) bond motifs is 6. The van der Waals surface area contributed by atoms with Gasteiger partial charge in [0, 0.05) is 51.1 Å². The van der Waals surface area contributed by atoms with E-state index in [1.165, 1.54) is 12.1 Å². The van der Waals surface area contributed by atoms with Crippen molar-refractivity contribution in [3.63, 3.8) is 0 Å². The molecule has 0 aliphatic heterocycles. The number of aromatic nitrogens is 4. The minimum absolute atomic E-state index is 0.0867. The second-order valence-electron chi connectivity index (χ2n) is 16.8. The molecule has 0 saturated heterocycles. The highest BCUT2D eigenvalue weighted by Gasteiger charge is 2.39. The summed E-state index contributed by atoms with van der Waals surface area (Å²) < 4.78 is 83.1. The van der Waals surface area contributed by atoms with Gasteiger partial charge in [0.05, 0.1) is 44.8 Å². The number of nitrogens with zero attached hydrogens (tertiary/aromatic N) is 4. The van der Waals surface area contributed by atoms with E-state index in [4.69, 9.17) is 0 Å². The predicted molar refractivity (Wildman–Crippen MR) is 263 cm³/mol. The van der Waals surface area contributed by atoms with Gasteiger partial charge in [0.25, 0.3) is 0 Å². The fraction of sp³-hybridized carbons (Fsp3) is 0.0169. The Bertz CT molecular complexity index is 3690. The molecule has 326 valence electrons. The Morgan fingerprint density at radius 2 is 0.721 bits per heavy atom. The normalized spacial score (nSPS) is 11.9. The number of alkyl halides is 3. The van der Waals surface area contributed by atoms with Crippen LogP contribution in [0.3, 0.4) is 0 Å². The van der Waals surface area contributed by atoms with Gasteiger partial charge in [0.15, 0.2) is 0 Å². The fourth-order valence-electron chi connectivity index (χ4n) is 9.72. The maximum absolute atomic E-state index is 16.5. The quantitative estimate of drug-likeness (QED) is 0.149. The molecule has 4 nitrogen and oxygen atoms in total. The highest BCUT2D eigenvalue weighted by molar-refractivity contribution is 6.12. The molecule has 0 amide bonds. The molecule has 0 aliphatic carbocycles. The third kappa shape index (κ3) is 6.98. The van der Waals surface area contributed by atoms with Crippen molar-refractivity contribution in [2.45, 2.75) is 6.18 Å². The van der Waals surface area contributed by atoms with Crippen LogP contribution in [0.15, 0.2) is 213 Å². The number of hydrogen-bond donors (Lipinski definition) is 0. The number of rotatable bonds is 7.